The summed E-state index contributed by atoms with van der Waals surface area (Å²) in [7, 11) is 0. The van der Waals surface area contributed by atoms with Gasteiger partial charge in [0.2, 0.25) is 0 Å². The molecule has 0 fully saturated rings. The Morgan fingerprint density at radius 2 is 0.754 bits per heavy atom. The van der Waals surface area contributed by atoms with E-state index in [1.54, 1.807) is 0 Å². The molecule has 0 bridgehead atoms. The van der Waals surface area contributed by atoms with Gasteiger partial charge < -0.3 is 9.47 Å². The lowest BCUT2D eigenvalue weighted by molar-refractivity contribution is 0.660. The molecule has 308 valence electrons. The van der Waals surface area contributed by atoms with Crippen molar-refractivity contribution in [3.8, 4) is 61.3 Å². The van der Waals surface area contributed by atoms with E-state index in [1.165, 1.54) is 94.3 Å². The molecule has 65 heavy (non-hydrogen) atoms. The number of hydrogen-bond acceptors (Lipinski definition) is 1. The van der Waals surface area contributed by atoms with Gasteiger partial charge in [-0.15, -0.1) is 0 Å². The summed E-state index contributed by atoms with van der Waals surface area (Å²) in [5, 5.41) is 2.51. The van der Waals surface area contributed by atoms with Crippen LogP contribution in [-0.4, -0.2) is 4.57 Å². The average Bonchev–Trinajstić information content (AvgIpc) is 3.82. The molecule has 1 aliphatic rings. The minimum atomic E-state index is -0.0249. The number of rotatable bonds is 8. The van der Waals surface area contributed by atoms with E-state index < -0.39 is 0 Å². The van der Waals surface area contributed by atoms with Crippen molar-refractivity contribution in [1.29, 1.82) is 0 Å². The normalized spacial score (nSPS) is 12.6. The second-order valence-electron chi connectivity index (χ2n) is 17.8. The number of hydrogen-bond donors (Lipinski definition) is 0. The van der Waals surface area contributed by atoms with Crippen LogP contribution in [0.25, 0.3) is 83.1 Å². The standard InChI is InChI=1S/C63H46N2/c1-63(2)59-22-11-9-20-55(59)57-42-54(37-38-60(57)63)65-61-23-12-10-21-56(61)58-41-50(30-39-62(58)65)49-19-13-18-48(40-49)47-28-35-53(36-29-47)64(51-31-24-45(25-32-51)43-14-5-3-6-15-43)52-33-26-46(27-34-52)44-16-7-4-8-17-44/h3-42H,1-2H3. The van der Waals surface area contributed by atoms with Crippen molar-refractivity contribution in [3.63, 3.8) is 0 Å². The van der Waals surface area contributed by atoms with E-state index in [2.05, 4.69) is 266 Å². The van der Waals surface area contributed by atoms with Gasteiger partial charge in [-0.2, -0.15) is 0 Å². The van der Waals surface area contributed by atoms with Crippen molar-refractivity contribution in [2.45, 2.75) is 19.3 Å². The molecule has 0 atom stereocenters. The van der Waals surface area contributed by atoms with Crippen LogP contribution in [0.4, 0.5) is 17.1 Å². The largest absolute Gasteiger partial charge is 0.311 e. The van der Waals surface area contributed by atoms with Crippen LogP contribution in [0.3, 0.4) is 0 Å². The Morgan fingerprint density at radius 3 is 1.38 bits per heavy atom. The zero-order valence-electron chi connectivity index (χ0n) is 36.5. The van der Waals surface area contributed by atoms with Crippen LogP contribution in [-0.2, 0) is 5.41 Å². The van der Waals surface area contributed by atoms with Crippen LogP contribution in [0.1, 0.15) is 25.0 Å². The van der Waals surface area contributed by atoms with Crippen LogP contribution in [0, 0.1) is 0 Å². The van der Waals surface area contributed by atoms with Gasteiger partial charge in [0.15, 0.2) is 0 Å². The van der Waals surface area contributed by atoms with Gasteiger partial charge >= 0.3 is 0 Å². The molecule has 2 heteroatoms. The highest BCUT2D eigenvalue weighted by Crippen LogP contribution is 2.49. The van der Waals surface area contributed by atoms with E-state index in [0.29, 0.717) is 0 Å². The van der Waals surface area contributed by atoms with E-state index >= 15 is 0 Å². The number of nitrogens with zero attached hydrogens (tertiary/aromatic N) is 2. The van der Waals surface area contributed by atoms with Crippen molar-refractivity contribution < 1.29 is 0 Å². The summed E-state index contributed by atoms with van der Waals surface area (Å²) in [6.07, 6.45) is 0. The van der Waals surface area contributed by atoms with Crippen molar-refractivity contribution in [1.82, 2.24) is 4.57 Å². The van der Waals surface area contributed by atoms with E-state index in [4.69, 9.17) is 0 Å². The van der Waals surface area contributed by atoms with Crippen LogP contribution in [0.5, 0.6) is 0 Å². The van der Waals surface area contributed by atoms with Gasteiger partial charge in [0.1, 0.15) is 0 Å². The third kappa shape index (κ3) is 6.65. The third-order valence-electron chi connectivity index (χ3n) is 13.6. The molecule has 0 saturated carbocycles. The van der Waals surface area contributed by atoms with Gasteiger partial charge in [0.05, 0.1) is 11.0 Å². The predicted molar refractivity (Wildman–Crippen MR) is 275 cm³/mol. The average molecular weight is 831 g/mol. The van der Waals surface area contributed by atoms with Crippen molar-refractivity contribution in [2.24, 2.45) is 0 Å². The number of aromatic nitrogens is 1. The van der Waals surface area contributed by atoms with Crippen LogP contribution in [0.15, 0.2) is 243 Å². The first-order valence-electron chi connectivity index (χ1n) is 22.6. The monoisotopic (exact) mass is 830 g/mol. The lowest BCUT2D eigenvalue weighted by atomic mass is 9.82. The Balaban J connectivity index is 0.884. The second kappa shape index (κ2) is 15.6. The van der Waals surface area contributed by atoms with Gasteiger partial charge in [0, 0.05) is 38.9 Å². The van der Waals surface area contributed by atoms with Crippen LogP contribution < -0.4 is 4.90 Å². The highest BCUT2D eigenvalue weighted by atomic mass is 15.1. The number of para-hydroxylation sites is 1. The van der Waals surface area contributed by atoms with Gasteiger partial charge in [0.25, 0.3) is 0 Å². The minimum Gasteiger partial charge on any atom is -0.311 e. The molecule has 10 aromatic carbocycles. The lowest BCUT2D eigenvalue weighted by Crippen LogP contribution is -2.14. The molecule has 0 unspecified atom stereocenters. The number of fused-ring (bicyclic) bond motifs is 6. The Hall–Kier alpha value is -8.20. The molecule has 0 radical (unpaired) electrons. The van der Waals surface area contributed by atoms with Crippen molar-refractivity contribution in [2.75, 3.05) is 4.90 Å². The molecule has 0 aliphatic heterocycles. The molecule has 2 nitrogen and oxygen atoms in total. The van der Waals surface area contributed by atoms with Gasteiger partial charge in [-0.05, 0) is 140 Å². The maximum absolute atomic E-state index is 2.44. The lowest BCUT2D eigenvalue weighted by Gasteiger charge is -2.26. The Bertz CT molecular complexity index is 3440. The predicted octanol–water partition coefficient (Wildman–Crippen LogP) is 17.2. The first kappa shape index (κ1) is 38.5. The summed E-state index contributed by atoms with van der Waals surface area (Å²) in [5.74, 6) is 0. The summed E-state index contributed by atoms with van der Waals surface area (Å²) >= 11 is 0. The summed E-state index contributed by atoms with van der Waals surface area (Å²) in [5.41, 5.74) is 21.9. The fourth-order valence-corrected chi connectivity index (χ4v) is 10.3. The van der Waals surface area contributed by atoms with E-state index in [9.17, 15) is 0 Å². The van der Waals surface area contributed by atoms with Gasteiger partial charge in [-0.1, -0.05) is 184 Å². The molecule has 0 saturated heterocycles. The van der Waals surface area contributed by atoms with E-state index in [-0.39, 0.29) is 5.41 Å². The molecule has 0 amide bonds. The van der Waals surface area contributed by atoms with E-state index in [1.807, 2.05) is 0 Å². The summed E-state index contributed by atoms with van der Waals surface area (Å²) in [6, 6.07) is 88.7. The smallest absolute Gasteiger partial charge is 0.0541 e. The highest BCUT2D eigenvalue weighted by Gasteiger charge is 2.35. The molecule has 0 N–H and O–H groups in total. The molecular weight excluding hydrogens is 785 g/mol. The molecule has 1 aliphatic carbocycles. The zero-order valence-corrected chi connectivity index (χ0v) is 36.5. The summed E-state index contributed by atoms with van der Waals surface area (Å²) < 4.78 is 2.44. The summed E-state index contributed by atoms with van der Waals surface area (Å²) in [6.45, 7) is 4.69. The molecular formula is C63H46N2. The highest BCUT2D eigenvalue weighted by molar-refractivity contribution is 6.10. The van der Waals surface area contributed by atoms with Crippen molar-refractivity contribution >= 4 is 38.9 Å². The fourth-order valence-electron chi connectivity index (χ4n) is 10.3. The topological polar surface area (TPSA) is 8.17 Å². The number of benzene rings is 10. The van der Waals surface area contributed by atoms with Crippen molar-refractivity contribution in [3.05, 3.63) is 254 Å². The molecule has 12 rings (SSSR count). The molecule has 11 aromatic rings. The van der Waals surface area contributed by atoms with Crippen LogP contribution in [0.2, 0.25) is 0 Å². The van der Waals surface area contributed by atoms with Gasteiger partial charge in [-0.25, -0.2) is 0 Å². The molecule has 1 aromatic heterocycles. The van der Waals surface area contributed by atoms with Gasteiger partial charge in [-0.3, -0.25) is 0 Å². The molecule has 0 spiro atoms. The molecule has 1 heterocycles. The third-order valence-corrected chi connectivity index (χ3v) is 13.6. The fraction of sp³-hybridized carbons (Fsp3) is 0.0476. The Kier molecular flexibility index (Phi) is 9.21. The number of anilines is 3. The van der Waals surface area contributed by atoms with E-state index in [0.717, 1.165) is 17.1 Å². The SMILES string of the molecule is CC1(C)c2ccccc2-c2cc(-n3c4ccccc4c4cc(-c5cccc(-c6ccc(N(c7ccc(-c8ccccc8)cc7)c7ccc(-c8ccccc8)cc7)cc6)c5)ccc43)ccc21. The maximum Gasteiger partial charge on any atom is 0.0541 e. The summed E-state index contributed by atoms with van der Waals surface area (Å²) in [4.78, 5) is 2.35. The maximum atomic E-state index is 2.44. The second-order valence-corrected chi connectivity index (χ2v) is 17.8. The first-order valence-corrected chi connectivity index (χ1v) is 22.6. The quantitative estimate of drug-likeness (QED) is 0.148. The minimum absolute atomic E-state index is 0.0249. The zero-order chi connectivity index (χ0) is 43.5. The Labute approximate surface area is 381 Å². The Morgan fingerprint density at radius 1 is 0.308 bits per heavy atom. The van der Waals surface area contributed by atoms with Crippen LogP contribution >= 0.6 is 0 Å². The first-order chi connectivity index (χ1) is 32.0.